The molecule has 0 unspecified atom stereocenters. The van der Waals surface area contributed by atoms with Gasteiger partial charge in [-0.15, -0.1) is 10.2 Å². The van der Waals surface area contributed by atoms with Crippen molar-refractivity contribution in [3.05, 3.63) is 76.5 Å². The standard InChI is InChI=1S/C17H14FN3OS/c18-14-8-6-13(7-9-14)10-15(22)19-17-21-20-16(23-17)11-12-4-2-1-3-5-12/h1-9H,10-11H2,(H,19,21,22). The zero-order valence-corrected chi connectivity index (χ0v) is 13.0. The monoisotopic (exact) mass is 327 g/mol. The molecule has 0 spiro atoms. The molecule has 116 valence electrons. The molecule has 0 atom stereocenters. The number of carbonyl (C=O) groups is 1. The molecule has 0 saturated heterocycles. The fourth-order valence-electron chi connectivity index (χ4n) is 2.10. The summed E-state index contributed by atoms with van der Waals surface area (Å²) in [6.07, 6.45) is 0.861. The van der Waals surface area contributed by atoms with Crippen LogP contribution in [0.5, 0.6) is 0 Å². The van der Waals surface area contributed by atoms with Crippen molar-refractivity contribution >= 4 is 22.4 Å². The summed E-state index contributed by atoms with van der Waals surface area (Å²) >= 11 is 1.35. The van der Waals surface area contributed by atoms with Crippen molar-refractivity contribution in [2.45, 2.75) is 12.8 Å². The van der Waals surface area contributed by atoms with Gasteiger partial charge in [-0.1, -0.05) is 53.8 Å². The van der Waals surface area contributed by atoms with Crippen molar-refractivity contribution in [1.29, 1.82) is 0 Å². The summed E-state index contributed by atoms with van der Waals surface area (Å²) in [5.74, 6) is -0.511. The number of hydrogen-bond donors (Lipinski definition) is 1. The molecule has 0 aliphatic heterocycles. The summed E-state index contributed by atoms with van der Waals surface area (Å²) in [6.45, 7) is 0. The first-order chi connectivity index (χ1) is 11.2. The molecular weight excluding hydrogens is 313 g/mol. The largest absolute Gasteiger partial charge is 0.300 e. The Bertz CT molecular complexity index is 787. The van der Waals surface area contributed by atoms with E-state index in [0.29, 0.717) is 11.6 Å². The highest BCUT2D eigenvalue weighted by Gasteiger charge is 2.09. The molecule has 3 rings (SSSR count). The highest BCUT2D eigenvalue weighted by atomic mass is 32.1. The van der Waals surface area contributed by atoms with Crippen LogP contribution in [-0.2, 0) is 17.6 Å². The molecule has 23 heavy (non-hydrogen) atoms. The Morgan fingerprint density at radius 2 is 1.74 bits per heavy atom. The number of nitrogens with one attached hydrogen (secondary N) is 1. The van der Waals surface area contributed by atoms with E-state index in [-0.39, 0.29) is 18.1 Å². The Kier molecular flexibility index (Phi) is 4.73. The van der Waals surface area contributed by atoms with E-state index in [4.69, 9.17) is 0 Å². The lowest BCUT2D eigenvalue weighted by Gasteiger charge is -2.01. The van der Waals surface area contributed by atoms with Gasteiger partial charge in [0.1, 0.15) is 10.8 Å². The Morgan fingerprint density at radius 1 is 1.00 bits per heavy atom. The molecule has 0 aliphatic rings. The van der Waals surface area contributed by atoms with Crippen LogP contribution in [-0.4, -0.2) is 16.1 Å². The van der Waals surface area contributed by atoms with Crippen molar-refractivity contribution in [2.24, 2.45) is 0 Å². The Morgan fingerprint density at radius 3 is 2.48 bits per heavy atom. The molecule has 0 aliphatic carbocycles. The van der Waals surface area contributed by atoms with Gasteiger partial charge in [0.2, 0.25) is 11.0 Å². The molecule has 1 N–H and O–H groups in total. The molecule has 1 amide bonds. The smallest absolute Gasteiger partial charge is 0.230 e. The summed E-state index contributed by atoms with van der Waals surface area (Å²) in [5.41, 5.74) is 1.89. The maximum atomic E-state index is 12.8. The fourth-order valence-corrected chi connectivity index (χ4v) is 2.89. The number of amides is 1. The zero-order valence-electron chi connectivity index (χ0n) is 12.2. The van der Waals surface area contributed by atoms with Crippen LogP contribution in [0.2, 0.25) is 0 Å². The Balaban J connectivity index is 1.58. The first kappa shape index (κ1) is 15.3. The average molecular weight is 327 g/mol. The van der Waals surface area contributed by atoms with Crippen LogP contribution >= 0.6 is 11.3 Å². The topological polar surface area (TPSA) is 54.9 Å². The van der Waals surface area contributed by atoms with E-state index < -0.39 is 0 Å². The minimum Gasteiger partial charge on any atom is -0.300 e. The first-order valence-corrected chi connectivity index (χ1v) is 7.91. The number of hydrogen-bond acceptors (Lipinski definition) is 4. The van der Waals surface area contributed by atoms with E-state index in [1.807, 2.05) is 30.3 Å². The highest BCUT2D eigenvalue weighted by Crippen LogP contribution is 2.18. The normalized spacial score (nSPS) is 10.5. The van der Waals surface area contributed by atoms with Gasteiger partial charge in [0, 0.05) is 6.42 Å². The van der Waals surface area contributed by atoms with Gasteiger partial charge in [-0.3, -0.25) is 4.79 Å². The van der Waals surface area contributed by atoms with Crippen molar-refractivity contribution in [2.75, 3.05) is 5.32 Å². The van der Waals surface area contributed by atoms with Gasteiger partial charge in [0.05, 0.1) is 6.42 Å². The maximum absolute atomic E-state index is 12.8. The predicted molar refractivity (Wildman–Crippen MR) is 87.9 cm³/mol. The maximum Gasteiger partial charge on any atom is 0.230 e. The summed E-state index contributed by atoms with van der Waals surface area (Å²) in [4.78, 5) is 12.0. The number of aromatic nitrogens is 2. The van der Waals surface area contributed by atoms with Crippen LogP contribution in [0.3, 0.4) is 0 Å². The van der Waals surface area contributed by atoms with Gasteiger partial charge in [-0.2, -0.15) is 0 Å². The molecule has 0 saturated carbocycles. The van der Waals surface area contributed by atoms with Crippen LogP contribution in [0, 0.1) is 5.82 Å². The lowest BCUT2D eigenvalue weighted by atomic mass is 10.1. The molecule has 2 aromatic carbocycles. The predicted octanol–water partition coefficient (Wildman–Crippen LogP) is 3.45. The van der Waals surface area contributed by atoms with Crippen LogP contribution in [0.4, 0.5) is 9.52 Å². The van der Waals surface area contributed by atoms with Crippen molar-refractivity contribution in [3.8, 4) is 0 Å². The Hall–Kier alpha value is -2.60. The summed E-state index contributed by atoms with van der Waals surface area (Å²) in [5, 5.41) is 12.1. The molecule has 0 radical (unpaired) electrons. The van der Waals surface area contributed by atoms with E-state index in [1.165, 1.54) is 23.5 Å². The molecule has 3 aromatic rings. The van der Waals surface area contributed by atoms with Gasteiger partial charge in [-0.05, 0) is 23.3 Å². The van der Waals surface area contributed by atoms with Crippen molar-refractivity contribution in [3.63, 3.8) is 0 Å². The number of anilines is 1. The number of halogens is 1. The second-order valence-electron chi connectivity index (χ2n) is 5.01. The average Bonchev–Trinajstić information content (AvgIpc) is 2.97. The van der Waals surface area contributed by atoms with Gasteiger partial charge in [0.25, 0.3) is 0 Å². The second kappa shape index (κ2) is 7.11. The van der Waals surface area contributed by atoms with E-state index in [9.17, 15) is 9.18 Å². The zero-order chi connectivity index (χ0) is 16.1. The number of benzene rings is 2. The SMILES string of the molecule is O=C(Cc1ccc(F)cc1)Nc1nnc(Cc2ccccc2)s1. The van der Waals surface area contributed by atoms with Crippen LogP contribution in [0.1, 0.15) is 16.1 Å². The third kappa shape index (κ3) is 4.43. The molecule has 1 heterocycles. The molecule has 0 fully saturated rings. The van der Waals surface area contributed by atoms with E-state index >= 15 is 0 Å². The third-order valence-corrected chi connectivity index (χ3v) is 4.03. The van der Waals surface area contributed by atoms with Gasteiger partial charge in [-0.25, -0.2) is 4.39 Å². The van der Waals surface area contributed by atoms with Gasteiger partial charge in [0.15, 0.2) is 0 Å². The van der Waals surface area contributed by atoms with Crippen molar-refractivity contribution < 1.29 is 9.18 Å². The van der Waals surface area contributed by atoms with E-state index in [0.717, 1.165) is 16.1 Å². The molecular formula is C17H14FN3OS. The number of rotatable bonds is 5. The van der Waals surface area contributed by atoms with E-state index in [2.05, 4.69) is 15.5 Å². The lowest BCUT2D eigenvalue weighted by Crippen LogP contribution is -2.14. The number of nitrogens with zero attached hydrogens (tertiary/aromatic N) is 2. The first-order valence-electron chi connectivity index (χ1n) is 7.09. The summed E-state index contributed by atoms with van der Waals surface area (Å²) in [7, 11) is 0. The molecule has 0 bridgehead atoms. The van der Waals surface area contributed by atoms with E-state index in [1.54, 1.807) is 12.1 Å². The van der Waals surface area contributed by atoms with Crippen LogP contribution < -0.4 is 5.32 Å². The van der Waals surface area contributed by atoms with Crippen LogP contribution in [0.25, 0.3) is 0 Å². The highest BCUT2D eigenvalue weighted by molar-refractivity contribution is 7.15. The molecule has 1 aromatic heterocycles. The summed E-state index contributed by atoms with van der Waals surface area (Å²) < 4.78 is 12.8. The minimum absolute atomic E-state index is 0.174. The van der Waals surface area contributed by atoms with Crippen LogP contribution in [0.15, 0.2) is 54.6 Å². The fraction of sp³-hybridized carbons (Fsp3) is 0.118. The second-order valence-corrected chi connectivity index (χ2v) is 6.08. The minimum atomic E-state index is -0.316. The van der Waals surface area contributed by atoms with Gasteiger partial charge >= 0.3 is 0 Å². The molecule has 4 nitrogen and oxygen atoms in total. The third-order valence-electron chi connectivity index (χ3n) is 3.19. The quantitative estimate of drug-likeness (QED) is 0.781. The Labute approximate surface area is 137 Å². The summed E-state index contributed by atoms with van der Waals surface area (Å²) in [6, 6.07) is 15.8. The molecule has 6 heteroatoms. The van der Waals surface area contributed by atoms with Crippen molar-refractivity contribution in [1.82, 2.24) is 10.2 Å². The number of carbonyl (C=O) groups excluding carboxylic acids is 1. The lowest BCUT2D eigenvalue weighted by molar-refractivity contribution is -0.115. The van der Waals surface area contributed by atoms with Gasteiger partial charge < -0.3 is 5.32 Å².